The lowest BCUT2D eigenvalue weighted by Crippen LogP contribution is -2.38. The molecular formula is C22H23FN4O3. The van der Waals surface area contributed by atoms with Gasteiger partial charge in [-0.1, -0.05) is 12.1 Å². The minimum atomic E-state index is -0.305. The van der Waals surface area contributed by atoms with Gasteiger partial charge in [0.05, 0.1) is 19.2 Å². The first-order valence-corrected chi connectivity index (χ1v) is 9.96. The zero-order chi connectivity index (χ0) is 20.9. The van der Waals surface area contributed by atoms with Gasteiger partial charge in [0, 0.05) is 24.7 Å². The van der Waals surface area contributed by atoms with E-state index in [4.69, 9.17) is 4.42 Å². The van der Waals surface area contributed by atoms with Gasteiger partial charge in [-0.15, -0.1) is 0 Å². The first kappa shape index (κ1) is 19.9. The van der Waals surface area contributed by atoms with E-state index in [9.17, 15) is 14.0 Å². The summed E-state index contributed by atoms with van der Waals surface area (Å²) in [5, 5.41) is 9.87. The second-order valence-corrected chi connectivity index (χ2v) is 7.43. The molecule has 0 aliphatic carbocycles. The zero-order valence-corrected chi connectivity index (χ0v) is 16.4. The molecular weight excluding hydrogens is 387 g/mol. The van der Waals surface area contributed by atoms with E-state index < -0.39 is 0 Å². The molecule has 2 amide bonds. The van der Waals surface area contributed by atoms with Gasteiger partial charge in [-0.25, -0.2) is 4.39 Å². The molecule has 30 heavy (non-hydrogen) atoms. The highest BCUT2D eigenvalue weighted by molar-refractivity contribution is 5.92. The Kier molecular flexibility index (Phi) is 5.92. The van der Waals surface area contributed by atoms with Crippen LogP contribution in [0.5, 0.6) is 0 Å². The Morgan fingerprint density at radius 1 is 1.20 bits per heavy atom. The lowest BCUT2D eigenvalue weighted by molar-refractivity contribution is -0.131. The summed E-state index contributed by atoms with van der Waals surface area (Å²) in [5.41, 5.74) is 2.05. The number of rotatable bonds is 6. The topological polar surface area (TPSA) is 91.2 Å². The minimum absolute atomic E-state index is 0.0441. The number of H-pyrrole nitrogens is 1. The van der Waals surface area contributed by atoms with Gasteiger partial charge >= 0.3 is 0 Å². The van der Waals surface area contributed by atoms with Gasteiger partial charge in [-0.3, -0.25) is 14.7 Å². The SMILES string of the molecule is O=C(NCc1ccco1)c1cc(C2CCN(C(=O)Cc3ccc(F)cc3)CC2)[nH]n1. The Bertz CT molecular complexity index is 990. The van der Waals surface area contributed by atoms with Crippen LogP contribution in [0.3, 0.4) is 0 Å². The molecule has 3 heterocycles. The lowest BCUT2D eigenvalue weighted by Gasteiger charge is -2.31. The average molecular weight is 410 g/mol. The smallest absolute Gasteiger partial charge is 0.272 e. The Hall–Kier alpha value is -3.42. The molecule has 8 heteroatoms. The van der Waals surface area contributed by atoms with Crippen molar-refractivity contribution in [2.45, 2.75) is 31.7 Å². The molecule has 0 bridgehead atoms. The molecule has 0 saturated carbocycles. The van der Waals surface area contributed by atoms with Gasteiger partial charge in [0.25, 0.3) is 5.91 Å². The standard InChI is InChI=1S/C22H23FN4O3/c23-17-5-3-15(4-6-17)12-21(28)27-9-7-16(8-10-27)19-13-20(26-25-19)22(29)24-14-18-2-1-11-30-18/h1-6,11,13,16H,7-10,12,14H2,(H,24,29)(H,25,26). The van der Waals surface area contributed by atoms with Crippen molar-refractivity contribution in [3.63, 3.8) is 0 Å². The number of piperidine rings is 1. The van der Waals surface area contributed by atoms with E-state index in [1.54, 1.807) is 36.6 Å². The third kappa shape index (κ3) is 4.76. The van der Waals surface area contributed by atoms with E-state index in [0.717, 1.165) is 24.1 Å². The van der Waals surface area contributed by atoms with Crippen LogP contribution in [0.4, 0.5) is 4.39 Å². The molecule has 0 radical (unpaired) electrons. The molecule has 0 spiro atoms. The molecule has 7 nitrogen and oxygen atoms in total. The van der Waals surface area contributed by atoms with Crippen LogP contribution in [0.25, 0.3) is 0 Å². The van der Waals surface area contributed by atoms with Gasteiger partial charge in [0.15, 0.2) is 0 Å². The number of hydrogen-bond donors (Lipinski definition) is 2. The van der Waals surface area contributed by atoms with Crippen molar-refractivity contribution >= 4 is 11.8 Å². The first-order valence-electron chi connectivity index (χ1n) is 9.96. The summed E-state index contributed by atoms with van der Waals surface area (Å²) in [5.74, 6) is 0.375. The molecule has 1 aliphatic rings. The summed E-state index contributed by atoms with van der Waals surface area (Å²) in [4.78, 5) is 26.6. The largest absolute Gasteiger partial charge is 0.467 e. The van der Waals surface area contributed by atoms with E-state index in [2.05, 4.69) is 15.5 Å². The summed E-state index contributed by atoms with van der Waals surface area (Å²) < 4.78 is 18.2. The van der Waals surface area contributed by atoms with Crippen molar-refractivity contribution in [2.24, 2.45) is 0 Å². The number of aromatic amines is 1. The molecule has 1 fully saturated rings. The van der Waals surface area contributed by atoms with E-state index in [1.165, 1.54) is 12.1 Å². The summed E-state index contributed by atoms with van der Waals surface area (Å²) in [6, 6.07) is 11.4. The van der Waals surface area contributed by atoms with Crippen molar-refractivity contribution < 1.29 is 18.4 Å². The maximum Gasteiger partial charge on any atom is 0.272 e. The van der Waals surface area contributed by atoms with Crippen LogP contribution in [-0.4, -0.2) is 40.0 Å². The molecule has 2 aromatic heterocycles. The van der Waals surface area contributed by atoms with Crippen LogP contribution < -0.4 is 5.32 Å². The van der Waals surface area contributed by atoms with Crippen molar-refractivity contribution in [1.29, 1.82) is 0 Å². The average Bonchev–Trinajstić information content (AvgIpc) is 3.46. The third-order valence-electron chi connectivity index (χ3n) is 5.39. The Balaban J connectivity index is 1.27. The molecule has 2 N–H and O–H groups in total. The molecule has 0 atom stereocenters. The van der Waals surface area contributed by atoms with Crippen LogP contribution in [0.1, 0.15) is 46.3 Å². The number of aromatic nitrogens is 2. The number of benzene rings is 1. The number of likely N-dealkylation sites (tertiary alicyclic amines) is 1. The Morgan fingerprint density at radius 3 is 2.67 bits per heavy atom. The summed E-state index contributed by atoms with van der Waals surface area (Å²) in [6.07, 6.45) is 3.43. The second kappa shape index (κ2) is 8.94. The third-order valence-corrected chi connectivity index (χ3v) is 5.39. The maximum atomic E-state index is 13.0. The minimum Gasteiger partial charge on any atom is -0.467 e. The van der Waals surface area contributed by atoms with Crippen molar-refractivity contribution in [3.05, 3.63) is 77.3 Å². The predicted octanol–water partition coefficient (Wildman–Crippen LogP) is 3.02. The van der Waals surface area contributed by atoms with Crippen LogP contribution in [0.15, 0.2) is 53.1 Å². The molecule has 1 aromatic carbocycles. The first-order chi connectivity index (χ1) is 14.6. The van der Waals surface area contributed by atoms with Crippen molar-refractivity contribution in [3.8, 4) is 0 Å². The zero-order valence-electron chi connectivity index (χ0n) is 16.4. The van der Waals surface area contributed by atoms with Crippen LogP contribution in [-0.2, 0) is 17.8 Å². The summed E-state index contributed by atoms with van der Waals surface area (Å²) >= 11 is 0. The predicted molar refractivity (Wildman–Crippen MR) is 107 cm³/mol. The van der Waals surface area contributed by atoms with Gasteiger partial charge < -0.3 is 14.6 Å². The number of nitrogens with zero attached hydrogens (tertiary/aromatic N) is 2. The highest BCUT2D eigenvalue weighted by Gasteiger charge is 2.25. The van der Waals surface area contributed by atoms with E-state index in [0.29, 0.717) is 31.1 Å². The Morgan fingerprint density at radius 2 is 1.97 bits per heavy atom. The summed E-state index contributed by atoms with van der Waals surface area (Å²) in [7, 11) is 0. The molecule has 3 aromatic rings. The number of halogens is 1. The molecule has 0 unspecified atom stereocenters. The number of carbonyl (C=O) groups is 2. The highest BCUT2D eigenvalue weighted by atomic mass is 19.1. The summed E-state index contributed by atoms with van der Waals surface area (Å²) in [6.45, 7) is 1.59. The van der Waals surface area contributed by atoms with E-state index in [-0.39, 0.29) is 30.0 Å². The molecule has 4 rings (SSSR count). The fourth-order valence-electron chi connectivity index (χ4n) is 3.66. The molecule has 1 saturated heterocycles. The quantitative estimate of drug-likeness (QED) is 0.654. The van der Waals surface area contributed by atoms with E-state index in [1.807, 2.05) is 4.90 Å². The lowest BCUT2D eigenvalue weighted by atomic mass is 9.93. The maximum absolute atomic E-state index is 13.0. The van der Waals surface area contributed by atoms with Crippen molar-refractivity contribution in [1.82, 2.24) is 20.4 Å². The van der Waals surface area contributed by atoms with E-state index >= 15 is 0 Å². The fraction of sp³-hybridized carbons (Fsp3) is 0.318. The van der Waals surface area contributed by atoms with Gasteiger partial charge in [0.2, 0.25) is 5.91 Å². The van der Waals surface area contributed by atoms with Crippen LogP contribution >= 0.6 is 0 Å². The second-order valence-electron chi connectivity index (χ2n) is 7.43. The van der Waals surface area contributed by atoms with Gasteiger partial charge in [0.1, 0.15) is 17.3 Å². The number of nitrogens with one attached hydrogen (secondary N) is 2. The molecule has 156 valence electrons. The number of amides is 2. The van der Waals surface area contributed by atoms with Crippen LogP contribution in [0.2, 0.25) is 0 Å². The number of carbonyl (C=O) groups excluding carboxylic acids is 2. The highest BCUT2D eigenvalue weighted by Crippen LogP contribution is 2.27. The van der Waals surface area contributed by atoms with Crippen molar-refractivity contribution in [2.75, 3.05) is 13.1 Å². The molecule has 1 aliphatic heterocycles. The number of furan rings is 1. The Labute approximate surface area is 173 Å². The van der Waals surface area contributed by atoms with Crippen LogP contribution in [0, 0.1) is 5.82 Å². The number of hydrogen-bond acceptors (Lipinski definition) is 4. The monoisotopic (exact) mass is 410 g/mol. The van der Waals surface area contributed by atoms with Gasteiger partial charge in [-0.05, 0) is 48.7 Å². The normalized spacial score (nSPS) is 14.6. The fourth-order valence-corrected chi connectivity index (χ4v) is 3.66. The van der Waals surface area contributed by atoms with Gasteiger partial charge in [-0.2, -0.15) is 5.10 Å².